The molecule has 1 aromatic heterocycles. The first-order chi connectivity index (χ1) is 19.8. The second-order valence-corrected chi connectivity index (χ2v) is 12.2. The molecule has 2 aliphatic carbocycles. The number of piperidine rings is 1. The Kier molecular flexibility index (Phi) is 8.37. The van der Waals surface area contributed by atoms with Gasteiger partial charge in [0.25, 0.3) is 17.4 Å². The maximum atomic E-state index is 14.3. The van der Waals surface area contributed by atoms with Gasteiger partial charge < -0.3 is 24.5 Å². The summed E-state index contributed by atoms with van der Waals surface area (Å²) < 4.78 is 48.5. The standard InChI is InChI=1S/C30H36ClF3N4O4/c1-36(2)27(39)24-9-10-25(35-26(24)31)38-13-11-18(12-14-38)19-15-21(16-19)37(3)28(40)29(41,30(32,33)34)20-5-4-6-23(17-20)42-22-7-8-22/h4-6,9-10,17-19,21-22,41H,7-8,11-16H2,1-3H3/t19-,21+,29?. The van der Waals surface area contributed by atoms with Gasteiger partial charge in [-0.15, -0.1) is 0 Å². The maximum Gasteiger partial charge on any atom is 0.430 e. The summed E-state index contributed by atoms with van der Waals surface area (Å²) in [6.45, 7) is 1.47. The fourth-order valence-corrected chi connectivity index (χ4v) is 6.16. The summed E-state index contributed by atoms with van der Waals surface area (Å²) in [5.74, 6) is -0.0501. The molecule has 2 heterocycles. The van der Waals surface area contributed by atoms with E-state index in [4.69, 9.17) is 16.3 Å². The van der Waals surface area contributed by atoms with Crippen molar-refractivity contribution in [2.24, 2.45) is 11.8 Å². The van der Waals surface area contributed by atoms with Crippen molar-refractivity contribution in [3.8, 4) is 5.75 Å². The third-order valence-corrected chi connectivity index (χ3v) is 9.11. The monoisotopic (exact) mass is 608 g/mol. The van der Waals surface area contributed by atoms with E-state index in [2.05, 4.69) is 9.88 Å². The second-order valence-electron chi connectivity index (χ2n) is 11.9. The van der Waals surface area contributed by atoms with Crippen molar-refractivity contribution in [1.82, 2.24) is 14.8 Å². The highest BCUT2D eigenvalue weighted by atomic mass is 35.5. The number of aliphatic hydroxyl groups is 1. The lowest BCUT2D eigenvalue weighted by atomic mass is 9.68. The van der Waals surface area contributed by atoms with Crippen molar-refractivity contribution in [3.63, 3.8) is 0 Å². The van der Waals surface area contributed by atoms with Crippen LogP contribution in [-0.4, -0.2) is 84.3 Å². The number of alkyl halides is 3. The summed E-state index contributed by atoms with van der Waals surface area (Å²) in [5, 5.41) is 11.1. The number of benzene rings is 1. The number of nitrogens with zero attached hydrogens (tertiary/aromatic N) is 4. The number of anilines is 1. The molecule has 1 unspecified atom stereocenters. The largest absolute Gasteiger partial charge is 0.490 e. The molecule has 2 amide bonds. The van der Waals surface area contributed by atoms with Crippen LogP contribution in [0.2, 0.25) is 5.15 Å². The summed E-state index contributed by atoms with van der Waals surface area (Å²) in [6.07, 6.45) is -0.691. The van der Waals surface area contributed by atoms with Crippen LogP contribution in [0, 0.1) is 11.8 Å². The third kappa shape index (κ3) is 5.90. The molecule has 1 aromatic carbocycles. The van der Waals surface area contributed by atoms with Gasteiger partial charge in [-0.05, 0) is 74.6 Å². The minimum absolute atomic E-state index is 0.0373. The van der Waals surface area contributed by atoms with Crippen molar-refractivity contribution < 1.29 is 32.6 Å². The molecule has 42 heavy (non-hydrogen) atoms. The molecule has 12 heteroatoms. The smallest absolute Gasteiger partial charge is 0.430 e. The van der Waals surface area contributed by atoms with Crippen LogP contribution in [-0.2, 0) is 10.4 Å². The number of pyridine rings is 1. The van der Waals surface area contributed by atoms with Gasteiger partial charge in [-0.2, -0.15) is 13.2 Å². The van der Waals surface area contributed by atoms with Gasteiger partial charge in [0.05, 0.1) is 11.7 Å². The molecule has 2 saturated carbocycles. The van der Waals surface area contributed by atoms with Crippen LogP contribution in [0.25, 0.3) is 0 Å². The molecule has 3 aliphatic rings. The van der Waals surface area contributed by atoms with E-state index in [-0.39, 0.29) is 34.9 Å². The molecule has 0 radical (unpaired) electrons. The highest BCUT2D eigenvalue weighted by molar-refractivity contribution is 6.32. The molecule has 1 N–H and O–H groups in total. The summed E-state index contributed by atoms with van der Waals surface area (Å²) >= 11 is 6.29. The molecule has 1 saturated heterocycles. The lowest BCUT2D eigenvalue weighted by Crippen LogP contribution is -2.59. The first kappa shape index (κ1) is 30.4. The summed E-state index contributed by atoms with van der Waals surface area (Å²) in [5.41, 5.74) is -3.86. The number of rotatable bonds is 8. The first-order valence-electron chi connectivity index (χ1n) is 14.3. The van der Waals surface area contributed by atoms with Crippen LogP contribution in [0.4, 0.5) is 19.0 Å². The molecule has 3 fully saturated rings. The molecule has 0 spiro atoms. The Bertz CT molecular complexity index is 1320. The van der Waals surface area contributed by atoms with Gasteiger partial charge in [0.2, 0.25) is 0 Å². The van der Waals surface area contributed by atoms with Crippen LogP contribution >= 0.6 is 11.6 Å². The van der Waals surface area contributed by atoms with Crippen molar-refractivity contribution in [3.05, 3.63) is 52.7 Å². The second kappa shape index (κ2) is 11.6. The van der Waals surface area contributed by atoms with E-state index >= 15 is 0 Å². The number of carbonyl (C=O) groups is 2. The first-order valence-corrected chi connectivity index (χ1v) is 14.6. The predicted molar refractivity (Wildman–Crippen MR) is 152 cm³/mol. The van der Waals surface area contributed by atoms with Crippen molar-refractivity contribution >= 4 is 29.2 Å². The van der Waals surface area contributed by atoms with Gasteiger partial charge in [0.1, 0.15) is 16.7 Å². The number of aromatic nitrogens is 1. The number of ether oxygens (including phenoxy) is 1. The van der Waals surface area contributed by atoms with Crippen molar-refractivity contribution in [1.29, 1.82) is 0 Å². The van der Waals surface area contributed by atoms with Gasteiger partial charge in [0.15, 0.2) is 0 Å². The Morgan fingerprint density at radius 2 is 1.69 bits per heavy atom. The number of halogens is 4. The Morgan fingerprint density at radius 3 is 2.26 bits per heavy atom. The van der Waals surface area contributed by atoms with Crippen LogP contribution in [0.1, 0.15) is 54.4 Å². The molecular formula is C30H36ClF3N4O4. The van der Waals surface area contributed by atoms with E-state index in [1.54, 1.807) is 26.2 Å². The Labute approximate surface area is 248 Å². The van der Waals surface area contributed by atoms with Gasteiger partial charge in [-0.25, -0.2) is 4.98 Å². The van der Waals surface area contributed by atoms with E-state index in [1.165, 1.54) is 24.1 Å². The van der Waals surface area contributed by atoms with Gasteiger partial charge in [0, 0.05) is 45.8 Å². The number of hydrogen-bond acceptors (Lipinski definition) is 6. The van der Waals surface area contributed by atoms with E-state index < -0.39 is 23.2 Å². The summed E-state index contributed by atoms with van der Waals surface area (Å²) in [4.78, 5) is 34.6. The molecule has 228 valence electrons. The average molecular weight is 609 g/mol. The van der Waals surface area contributed by atoms with Crippen molar-refractivity contribution in [2.45, 2.75) is 62.4 Å². The van der Waals surface area contributed by atoms with Gasteiger partial charge >= 0.3 is 6.18 Å². The minimum atomic E-state index is -5.21. The third-order valence-electron chi connectivity index (χ3n) is 8.82. The van der Waals surface area contributed by atoms with E-state index in [0.717, 1.165) is 55.8 Å². The fraction of sp³-hybridized carbons (Fsp3) is 0.567. The Morgan fingerprint density at radius 1 is 1.02 bits per heavy atom. The minimum Gasteiger partial charge on any atom is -0.490 e. The molecule has 1 aliphatic heterocycles. The Hall–Kier alpha value is -3.05. The average Bonchev–Trinajstić information content (AvgIpc) is 3.74. The molecular weight excluding hydrogens is 573 g/mol. The summed E-state index contributed by atoms with van der Waals surface area (Å²) in [6, 6.07) is 8.21. The van der Waals surface area contributed by atoms with E-state index in [1.807, 2.05) is 0 Å². The van der Waals surface area contributed by atoms with Gasteiger partial charge in [-0.3, -0.25) is 9.59 Å². The number of likely N-dealkylation sites (N-methyl/N-ethyl adjacent to an activating group) is 1. The van der Waals surface area contributed by atoms with Crippen molar-refractivity contribution in [2.75, 3.05) is 39.1 Å². The number of carbonyl (C=O) groups excluding carboxylic acids is 2. The van der Waals surface area contributed by atoms with Gasteiger partial charge in [-0.1, -0.05) is 23.7 Å². The quantitative estimate of drug-likeness (QED) is 0.430. The van der Waals surface area contributed by atoms with Crippen LogP contribution in [0.15, 0.2) is 36.4 Å². The molecule has 1 atom stereocenters. The van der Waals surface area contributed by atoms with Crippen LogP contribution in [0.5, 0.6) is 5.75 Å². The number of hydrogen-bond donors (Lipinski definition) is 1. The van der Waals surface area contributed by atoms with Crippen LogP contribution in [0.3, 0.4) is 0 Å². The molecule has 2 aromatic rings. The van der Waals surface area contributed by atoms with E-state index in [0.29, 0.717) is 30.1 Å². The topological polar surface area (TPSA) is 86.2 Å². The zero-order chi connectivity index (χ0) is 30.4. The van der Waals surface area contributed by atoms with E-state index in [9.17, 15) is 27.9 Å². The Balaban J connectivity index is 1.18. The normalized spacial score (nSPS) is 22.6. The molecule has 8 nitrogen and oxygen atoms in total. The van der Waals surface area contributed by atoms with Crippen LogP contribution < -0.4 is 9.64 Å². The summed E-state index contributed by atoms with van der Waals surface area (Å²) in [7, 11) is 4.64. The zero-order valence-electron chi connectivity index (χ0n) is 23.9. The molecule has 5 rings (SSSR count). The number of amides is 2. The fourth-order valence-electron chi connectivity index (χ4n) is 5.93. The predicted octanol–water partition coefficient (Wildman–Crippen LogP) is 4.88. The molecule has 0 bridgehead atoms. The highest BCUT2D eigenvalue weighted by Gasteiger charge is 2.62. The highest BCUT2D eigenvalue weighted by Crippen LogP contribution is 2.46. The maximum absolute atomic E-state index is 14.3. The lowest BCUT2D eigenvalue weighted by Gasteiger charge is -2.48. The lowest BCUT2D eigenvalue weighted by molar-refractivity contribution is -0.263. The SMILES string of the molecule is CN(C)C(=O)c1ccc(N2CCC([C@H]3C[C@@H](N(C)C(=O)C(O)(c4cccc(OC5CC5)c4)C(F)(F)F)C3)CC2)nc1Cl. The zero-order valence-corrected chi connectivity index (χ0v) is 24.7.